The van der Waals surface area contributed by atoms with E-state index in [4.69, 9.17) is 10.5 Å². The number of nitrogens with zero attached hydrogens (tertiary/aromatic N) is 1. The Kier molecular flexibility index (Phi) is 3.59. The van der Waals surface area contributed by atoms with Gasteiger partial charge in [0.1, 0.15) is 9.71 Å². The Bertz CT molecular complexity index is 690. The van der Waals surface area contributed by atoms with Gasteiger partial charge in [-0.05, 0) is 38.8 Å². The molecule has 1 aliphatic heterocycles. The normalized spacial score (nSPS) is 21.8. The van der Waals surface area contributed by atoms with E-state index in [0.29, 0.717) is 17.1 Å². The van der Waals surface area contributed by atoms with E-state index in [-0.39, 0.29) is 11.5 Å². The Morgan fingerprint density at radius 1 is 1.57 bits per heavy atom. The van der Waals surface area contributed by atoms with Crippen LogP contribution in [0.25, 0.3) is 10.2 Å². The maximum atomic E-state index is 12.4. The number of rotatable bonds is 3. The summed E-state index contributed by atoms with van der Waals surface area (Å²) in [5.41, 5.74) is 7.26. The zero-order valence-corrected chi connectivity index (χ0v) is 13.0. The summed E-state index contributed by atoms with van der Waals surface area (Å²) in [5, 5.41) is 3.78. The third-order valence-electron chi connectivity index (χ3n) is 3.86. The molecule has 1 fully saturated rings. The molecule has 0 bridgehead atoms. The molecule has 112 valence electrons. The predicted molar refractivity (Wildman–Crippen MR) is 84.7 cm³/mol. The van der Waals surface area contributed by atoms with Crippen molar-refractivity contribution in [2.45, 2.75) is 32.3 Å². The minimum atomic E-state index is -0.254. The number of fused-ring (bicyclic) bond motifs is 1. The van der Waals surface area contributed by atoms with Crippen molar-refractivity contribution in [1.29, 1.82) is 0 Å². The summed E-state index contributed by atoms with van der Waals surface area (Å²) < 4.78 is 5.68. The molecule has 0 aromatic carbocycles. The van der Waals surface area contributed by atoms with Crippen molar-refractivity contribution in [2.24, 2.45) is 0 Å². The first-order valence-corrected chi connectivity index (χ1v) is 7.88. The predicted octanol–water partition coefficient (Wildman–Crippen LogP) is 2.49. The highest BCUT2D eigenvalue weighted by Gasteiger charge is 2.30. The topological polar surface area (TPSA) is 77.2 Å². The molecule has 2 aromatic heterocycles. The average molecular weight is 305 g/mol. The molecule has 0 aliphatic carbocycles. The fraction of sp³-hybridized carbons (Fsp3) is 0.467. The summed E-state index contributed by atoms with van der Waals surface area (Å²) in [5.74, 6) is -0.148. The third-order valence-corrected chi connectivity index (χ3v) is 4.98. The lowest BCUT2D eigenvalue weighted by Gasteiger charge is -2.23. The highest BCUT2D eigenvalue weighted by atomic mass is 32.1. The average Bonchev–Trinajstić information content (AvgIpc) is 3.01. The standard InChI is InChI=1S/C15H19N3O2S/c1-9-4-5-10-11(16)12(21-14(10)18-9)13(19)17-8-15(2)6-3-7-20-15/h4-5H,3,6-8,16H2,1-2H3,(H,17,19). The number of aromatic nitrogens is 1. The Morgan fingerprint density at radius 2 is 2.38 bits per heavy atom. The van der Waals surface area contributed by atoms with Crippen molar-refractivity contribution in [3.63, 3.8) is 0 Å². The summed E-state index contributed by atoms with van der Waals surface area (Å²) in [6.45, 7) is 5.22. The van der Waals surface area contributed by atoms with Gasteiger partial charge < -0.3 is 15.8 Å². The lowest BCUT2D eigenvalue weighted by molar-refractivity contribution is 0.0206. The van der Waals surface area contributed by atoms with Crippen LogP contribution in [-0.2, 0) is 4.74 Å². The van der Waals surface area contributed by atoms with E-state index in [1.165, 1.54) is 11.3 Å². The van der Waals surface area contributed by atoms with Crippen LogP contribution in [0.15, 0.2) is 12.1 Å². The van der Waals surface area contributed by atoms with Crippen molar-refractivity contribution in [3.8, 4) is 0 Å². The van der Waals surface area contributed by atoms with Gasteiger partial charge in [0.15, 0.2) is 0 Å². The van der Waals surface area contributed by atoms with Gasteiger partial charge in [-0.2, -0.15) is 0 Å². The number of thiophene rings is 1. The summed E-state index contributed by atoms with van der Waals surface area (Å²) in [6.07, 6.45) is 2.01. The maximum absolute atomic E-state index is 12.4. The highest BCUT2D eigenvalue weighted by molar-refractivity contribution is 7.21. The number of nitrogen functional groups attached to an aromatic ring is 1. The number of nitrogens with two attached hydrogens (primary N) is 1. The quantitative estimate of drug-likeness (QED) is 0.913. The molecule has 1 unspecified atom stereocenters. The first kappa shape index (κ1) is 14.3. The summed E-state index contributed by atoms with van der Waals surface area (Å²) in [4.78, 5) is 18.1. The molecule has 0 saturated carbocycles. The number of carbonyl (C=O) groups is 1. The maximum Gasteiger partial charge on any atom is 0.263 e. The van der Waals surface area contributed by atoms with Gasteiger partial charge in [0, 0.05) is 24.2 Å². The van der Waals surface area contributed by atoms with Gasteiger partial charge in [-0.25, -0.2) is 4.98 Å². The van der Waals surface area contributed by atoms with E-state index in [2.05, 4.69) is 10.3 Å². The van der Waals surface area contributed by atoms with Crippen LogP contribution < -0.4 is 11.1 Å². The summed E-state index contributed by atoms with van der Waals surface area (Å²) in [6, 6.07) is 3.82. The third kappa shape index (κ3) is 2.73. The second kappa shape index (κ2) is 5.27. The minimum absolute atomic E-state index is 0.148. The zero-order valence-electron chi connectivity index (χ0n) is 12.2. The number of hydrogen-bond acceptors (Lipinski definition) is 5. The summed E-state index contributed by atoms with van der Waals surface area (Å²) >= 11 is 1.34. The largest absolute Gasteiger partial charge is 0.397 e. The van der Waals surface area contributed by atoms with E-state index < -0.39 is 0 Å². The molecule has 0 spiro atoms. The minimum Gasteiger partial charge on any atom is -0.397 e. The number of hydrogen-bond donors (Lipinski definition) is 2. The van der Waals surface area contributed by atoms with Gasteiger partial charge in [-0.15, -0.1) is 11.3 Å². The molecule has 6 heteroatoms. The van der Waals surface area contributed by atoms with Crippen molar-refractivity contribution in [1.82, 2.24) is 10.3 Å². The van der Waals surface area contributed by atoms with Crippen LogP contribution in [0.5, 0.6) is 0 Å². The van der Waals surface area contributed by atoms with Crippen LogP contribution in [0.1, 0.15) is 35.1 Å². The molecular formula is C15H19N3O2S. The van der Waals surface area contributed by atoms with E-state index in [9.17, 15) is 4.79 Å². The first-order chi connectivity index (χ1) is 9.98. The second-order valence-corrected chi connectivity index (χ2v) is 6.73. The number of nitrogens with one attached hydrogen (secondary N) is 1. The molecule has 1 atom stereocenters. The number of carbonyl (C=O) groups excluding carboxylic acids is 1. The SMILES string of the molecule is Cc1ccc2c(N)c(C(=O)NCC3(C)CCCO3)sc2n1. The van der Waals surface area contributed by atoms with Crippen LogP contribution in [0, 0.1) is 6.92 Å². The van der Waals surface area contributed by atoms with Crippen LogP contribution in [-0.4, -0.2) is 29.6 Å². The van der Waals surface area contributed by atoms with Gasteiger partial charge in [-0.1, -0.05) is 0 Å². The van der Waals surface area contributed by atoms with Crippen molar-refractivity contribution in [2.75, 3.05) is 18.9 Å². The van der Waals surface area contributed by atoms with Gasteiger partial charge in [0.2, 0.25) is 0 Å². The smallest absolute Gasteiger partial charge is 0.263 e. The lowest BCUT2D eigenvalue weighted by Crippen LogP contribution is -2.40. The van der Waals surface area contributed by atoms with Crippen molar-refractivity contribution < 1.29 is 9.53 Å². The van der Waals surface area contributed by atoms with Gasteiger partial charge >= 0.3 is 0 Å². The number of pyridine rings is 1. The van der Waals surface area contributed by atoms with E-state index in [1.54, 1.807) is 0 Å². The number of aryl methyl sites for hydroxylation is 1. The molecule has 5 nitrogen and oxygen atoms in total. The Balaban J connectivity index is 1.79. The zero-order chi connectivity index (χ0) is 15.0. The molecule has 0 radical (unpaired) electrons. The number of anilines is 1. The van der Waals surface area contributed by atoms with E-state index in [1.807, 2.05) is 26.0 Å². The molecule has 21 heavy (non-hydrogen) atoms. The lowest BCUT2D eigenvalue weighted by atomic mass is 10.0. The van der Waals surface area contributed by atoms with Crippen LogP contribution in [0.3, 0.4) is 0 Å². The fourth-order valence-corrected chi connectivity index (χ4v) is 3.64. The number of ether oxygens (including phenoxy) is 1. The van der Waals surface area contributed by atoms with Crippen LogP contribution in [0.2, 0.25) is 0 Å². The molecule has 1 aliphatic rings. The Morgan fingerprint density at radius 3 is 3.10 bits per heavy atom. The second-order valence-electron chi connectivity index (χ2n) is 5.73. The van der Waals surface area contributed by atoms with Gasteiger partial charge in [0.25, 0.3) is 5.91 Å². The van der Waals surface area contributed by atoms with E-state index in [0.717, 1.165) is 35.4 Å². The van der Waals surface area contributed by atoms with Gasteiger partial charge in [0.05, 0.1) is 11.3 Å². The van der Waals surface area contributed by atoms with Crippen LogP contribution in [0.4, 0.5) is 5.69 Å². The monoisotopic (exact) mass is 305 g/mol. The fourth-order valence-electron chi connectivity index (χ4n) is 2.58. The molecule has 3 N–H and O–H groups in total. The van der Waals surface area contributed by atoms with Crippen molar-refractivity contribution in [3.05, 3.63) is 22.7 Å². The molecule has 2 aromatic rings. The molecule has 1 amide bonds. The van der Waals surface area contributed by atoms with Gasteiger partial charge in [-0.3, -0.25) is 4.79 Å². The number of amides is 1. The Labute approximate surface area is 127 Å². The summed E-state index contributed by atoms with van der Waals surface area (Å²) in [7, 11) is 0. The molecule has 3 rings (SSSR count). The van der Waals surface area contributed by atoms with Crippen molar-refractivity contribution >= 4 is 33.1 Å². The molecule has 3 heterocycles. The highest BCUT2D eigenvalue weighted by Crippen LogP contribution is 2.32. The molecule has 1 saturated heterocycles. The first-order valence-electron chi connectivity index (χ1n) is 7.06. The van der Waals surface area contributed by atoms with Crippen LogP contribution >= 0.6 is 11.3 Å². The molecular weight excluding hydrogens is 286 g/mol. The van der Waals surface area contributed by atoms with E-state index >= 15 is 0 Å². The Hall–Kier alpha value is -1.66.